The van der Waals surface area contributed by atoms with Crippen LogP contribution in [0.3, 0.4) is 0 Å². The zero-order valence-electron chi connectivity index (χ0n) is 10.2. The standard InChI is InChI=1S/C10H13N5O5/c11-10-13-7-4(8(19)14-10)12-2-15(7)9-6(18)5(17)3(1-16)20-9/h2-3,5-6,9,16-18H,1H2,(H3,11,13,14,19)/p+1. The molecular weight excluding hydrogens is 270 g/mol. The van der Waals surface area contributed by atoms with Gasteiger partial charge in [-0.2, -0.15) is 0 Å². The maximum atomic E-state index is 11.7. The molecule has 1 aliphatic heterocycles. The van der Waals surface area contributed by atoms with Gasteiger partial charge in [-0.3, -0.25) is 14.8 Å². The first-order valence-electron chi connectivity index (χ1n) is 5.93. The molecule has 0 radical (unpaired) electrons. The molecule has 1 fully saturated rings. The summed E-state index contributed by atoms with van der Waals surface area (Å²) < 4.78 is 6.72. The van der Waals surface area contributed by atoms with E-state index in [2.05, 4.69) is 15.0 Å². The number of anilines is 1. The second-order valence-corrected chi connectivity index (χ2v) is 4.56. The van der Waals surface area contributed by atoms with E-state index in [-0.39, 0.29) is 17.1 Å². The molecule has 0 amide bonds. The van der Waals surface area contributed by atoms with Crippen LogP contribution < -0.4 is 15.9 Å². The third-order valence-corrected chi connectivity index (χ3v) is 3.30. The van der Waals surface area contributed by atoms with Gasteiger partial charge in [0.15, 0.2) is 6.33 Å². The van der Waals surface area contributed by atoms with E-state index < -0.39 is 36.7 Å². The molecule has 3 rings (SSSR count). The lowest BCUT2D eigenvalue weighted by Crippen LogP contribution is -2.46. The lowest BCUT2D eigenvalue weighted by molar-refractivity contribution is -0.745. The molecule has 0 bridgehead atoms. The SMILES string of the molecule is Nc1nc2c([nH]c[n+]2C2OC(CO)C(O)C2O)c(=O)[nH]1. The van der Waals surface area contributed by atoms with Crippen LogP contribution in [0.25, 0.3) is 11.2 Å². The number of hydrogen-bond donors (Lipinski definition) is 6. The highest BCUT2D eigenvalue weighted by Gasteiger charge is 2.46. The molecule has 20 heavy (non-hydrogen) atoms. The smallest absolute Gasteiger partial charge is 0.313 e. The fraction of sp³-hybridized carbons (Fsp3) is 0.500. The molecule has 0 saturated carbocycles. The maximum absolute atomic E-state index is 11.7. The Hall–Kier alpha value is -2.01. The first-order valence-corrected chi connectivity index (χ1v) is 5.93. The summed E-state index contributed by atoms with van der Waals surface area (Å²) in [5.74, 6) is -0.0809. The van der Waals surface area contributed by atoms with Crippen molar-refractivity contribution >= 4 is 17.1 Å². The van der Waals surface area contributed by atoms with Gasteiger partial charge >= 0.3 is 5.65 Å². The molecule has 1 saturated heterocycles. The number of nitrogen functional groups attached to an aromatic ring is 1. The zero-order chi connectivity index (χ0) is 14.4. The molecular formula is C10H14N5O5+. The number of H-pyrrole nitrogens is 2. The number of imidazole rings is 1. The summed E-state index contributed by atoms with van der Waals surface area (Å²) in [4.78, 5) is 20.7. The highest BCUT2D eigenvalue weighted by atomic mass is 16.6. The monoisotopic (exact) mass is 284 g/mol. The van der Waals surface area contributed by atoms with Gasteiger partial charge in [0.1, 0.15) is 18.3 Å². The molecule has 10 nitrogen and oxygen atoms in total. The average Bonchev–Trinajstić information content (AvgIpc) is 2.93. The quantitative estimate of drug-likeness (QED) is 0.315. The van der Waals surface area contributed by atoms with E-state index in [4.69, 9.17) is 15.6 Å². The van der Waals surface area contributed by atoms with Gasteiger partial charge in [-0.1, -0.05) is 4.98 Å². The Morgan fingerprint density at radius 1 is 1.45 bits per heavy atom. The van der Waals surface area contributed by atoms with Gasteiger partial charge in [-0.25, -0.2) is 4.57 Å². The largest absolute Gasteiger partial charge is 0.394 e. The Labute approximate surface area is 111 Å². The van der Waals surface area contributed by atoms with Crippen LogP contribution in [0, 0.1) is 0 Å². The molecule has 10 heteroatoms. The lowest BCUT2D eigenvalue weighted by Gasteiger charge is -2.11. The molecule has 0 aromatic carbocycles. The minimum absolute atomic E-state index is 0.0809. The summed E-state index contributed by atoms with van der Waals surface area (Å²) in [6, 6.07) is 0. The maximum Gasteiger partial charge on any atom is 0.313 e. The van der Waals surface area contributed by atoms with E-state index in [9.17, 15) is 15.0 Å². The lowest BCUT2D eigenvalue weighted by atomic mass is 10.1. The summed E-state index contributed by atoms with van der Waals surface area (Å²) in [5.41, 5.74) is 5.37. The highest BCUT2D eigenvalue weighted by molar-refractivity contribution is 5.65. The van der Waals surface area contributed by atoms with Crippen molar-refractivity contribution in [1.29, 1.82) is 0 Å². The predicted octanol–water partition coefficient (Wildman–Crippen LogP) is -3.27. The van der Waals surface area contributed by atoms with Crippen molar-refractivity contribution in [2.45, 2.75) is 24.5 Å². The van der Waals surface area contributed by atoms with Gasteiger partial charge in [0, 0.05) is 0 Å². The Morgan fingerprint density at radius 2 is 2.20 bits per heavy atom. The van der Waals surface area contributed by atoms with Crippen molar-refractivity contribution in [2.75, 3.05) is 12.3 Å². The van der Waals surface area contributed by atoms with E-state index in [1.54, 1.807) is 0 Å². The molecule has 3 heterocycles. The fourth-order valence-electron chi connectivity index (χ4n) is 2.29. The van der Waals surface area contributed by atoms with Gasteiger partial charge in [-0.15, -0.1) is 0 Å². The molecule has 1 aliphatic rings. The van der Waals surface area contributed by atoms with Crippen LogP contribution in [0.1, 0.15) is 6.23 Å². The second-order valence-electron chi connectivity index (χ2n) is 4.56. The number of rotatable bonds is 2. The van der Waals surface area contributed by atoms with Crippen LogP contribution in [0.5, 0.6) is 0 Å². The van der Waals surface area contributed by atoms with Gasteiger partial charge in [0.05, 0.1) is 6.61 Å². The number of nitrogens with two attached hydrogens (primary N) is 1. The third-order valence-electron chi connectivity index (χ3n) is 3.30. The number of nitrogens with zero attached hydrogens (tertiary/aromatic N) is 2. The van der Waals surface area contributed by atoms with Gasteiger partial charge < -0.3 is 25.8 Å². The van der Waals surface area contributed by atoms with E-state index in [0.717, 1.165) is 0 Å². The van der Waals surface area contributed by atoms with Crippen molar-refractivity contribution in [3.05, 3.63) is 16.7 Å². The second kappa shape index (κ2) is 4.52. The van der Waals surface area contributed by atoms with Crippen molar-refractivity contribution < 1.29 is 24.6 Å². The molecule has 0 spiro atoms. The molecule has 0 aliphatic carbocycles. The number of fused-ring (bicyclic) bond motifs is 1. The molecule has 2 aromatic rings. The Kier molecular flexibility index (Phi) is 2.94. The Balaban J connectivity index is 2.09. The van der Waals surface area contributed by atoms with Crippen LogP contribution in [-0.2, 0) is 4.74 Å². The first-order chi connectivity index (χ1) is 9.52. The number of aromatic nitrogens is 4. The minimum atomic E-state index is -1.27. The van der Waals surface area contributed by atoms with E-state index in [0.29, 0.717) is 0 Å². The normalized spacial score (nSPS) is 30.1. The van der Waals surface area contributed by atoms with Crippen LogP contribution in [0.4, 0.5) is 5.95 Å². The summed E-state index contributed by atoms with van der Waals surface area (Å²) in [6.07, 6.45) is -3.01. The van der Waals surface area contributed by atoms with Crippen molar-refractivity contribution in [3.8, 4) is 0 Å². The fourth-order valence-corrected chi connectivity index (χ4v) is 2.29. The third kappa shape index (κ3) is 1.78. The number of hydrogen-bond acceptors (Lipinski definition) is 7. The van der Waals surface area contributed by atoms with Crippen LogP contribution in [-0.4, -0.2) is 55.2 Å². The number of aliphatic hydroxyl groups excluding tert-OH is 3. The summed E-state index contributed by atoms with van der Waals surface area (Å²) in [5, 5.41) is 28.8. The highest BCUT2D eigenvalue weighted by Crippen LogP contribution is 2.25. The van der Waals surface area contributed by atoms with Crippen molar-refractivity contribution in [1.82, 2.24) is 15.0 Å². The molecule has 4 unspecified atom stereocenters. The topological polar surface area (TPSA) is 161 Å². The zero-order valence-corrected chi connectivity index (χ0v) is 10.2. The van der Waals surface area contributed by atoms with E-state index >= 15 is 0 Å². The van der Waals surface area contributed by atoms with Crippen molar-refractivity contribution in [2.24, 2.45) is 0 Å². The number of aromatic amines is 2. The number of ether oxygens (including phenoxy) is 1. The minimum Gasteiger partial charge on any atom is -0.394 e. The average molecular weight is 284 g/mol. The Morgan fingerprint density at radius 3 is 2.85 bits per heavy atom. The van der Waals surface area contributed by atoms with E-state index in [1.807, 2.05) is 0 Å². The number of nitrogens with one attached hydrogen (secondary N) is 2. The van der Waals surface area contributed by atoms with Crippen LogP contribution in [0.2, 0.25) is 0 Å². The molecule has 2 aromatic heterocycles. The number of aliphatic hydroxyl groups is 3. The molecule has 4 atom stereocenters. The molecule has 108 valence electrons. The van der Waals surface area contributed by atoms with Gasteiger partial charge in [-0.05, 0) is 0 Å². The summed E-state index contributed by atoms with van der Waals surface area (Å²) >= 11 is 0. The van der Waals surface area contributed by atoms with E-state index in [1.165, 1.54) is 10.9 Å². The van der Waals surface area contributed by atoms with Gasteiger partial charge in [0.2, 0.25) is 11.7 Å². The van der Waals surface area contributed by atoms with Gasteiger partial charge in [0.25, 0.3) is 11.5 Å². The van der Waals surface area contributed by atoms with Crippen LogP contribution >= 0.6 is 0 Å². The van der Waals surface area contributed by atoms with Crippen molar-refractivity contribution in [3.63, 3.8) is 0 Å². The summed E-state index contributed by atoms with van der Waals surface area (Å²) in [6.45, 7) is -0.437. The van der Waals surface area contributed by atoms with Crippen LogP contribution in [0.15, 0.2) is 11.1 Å². The molecule has 7 N–H and O–H groups in total. The predicted molar refractivity (Wildman–Crippen MR) is 64.3 cm³/mol. The Bertz CT molecular complexity index is 697. The first kappa shape index (κ1) is 13.0. The summed E-state index contributed by atoms with van der Waals surface area (Å²) in [7, 11) is 0.